The van der Waals surface area contributed by atoms with Crippen LogP contribution in [-0.2, 0) is 11.2 Å². The molecule has 1 heterocycles. The molecule has 136 valence electrons. The maximum absolute atomic E-state index is 13.7. The van der Waals surface area contributed by atoms with E-state index in [1.54, 1.807) is 12.1 Å². The second-order valence-corrected chi connectivity index (χ2v) is 7.00. The van der Waals surface area contributed by atoms with Crippen molar-refractivity contribution in [3.63, 3.8) is 0 Å². The van der Waals surface area contributed by atoms with Crippen LogP contribution in [0.25, 0.3) is 0 Å². The molecule has 1 aliphatic heterocycles. The van der Waals surface area contributed by atoms with Crippen molar-refractivity contribution in [1.29, 1.82) is 0 Å². The van der Waals surface area contributed by atoms with Crippen molar-refractivity contribution in [1.82, 2.24) is 0 Å². The molecule has 2 aromatic carbocycles. The summed E-state index contributed by atoms with van der Waals surface area (Å²) in [6, 6.07) is 7.86. The average molecular weight is 423 g/mol. The Balaban J connectivity index is 1.80. The third-order valence-electron chi connectivity index (χ3n) is 4.08. The number of Topliss-reactive ketones (excluding diaryl/α,β-unsaturated/α-hetero) is 1. The van der Waals surface area contributed by atoms with E-state index < -0.39 is 24.3 Å². The van der Waals surface area contributed by atoms with Crippen molar-refractivity contribution in [2.75, 3.05) is 13.2 Å². The first-order chi connectivity index (χ1) is 12.3. The van der Waals surface area contributed by atoms with E-state index in [-0.39, 0.29) is 18.1 Å². The van der Waals surface area contributed by atoms with Gasteiger partial charge in [0.1, 0.15) is 5.75 Å². The van der Waals surface area contributed by atoms with Crippen molar-refractivity contribution in [3.8, 4) is 11.5 Å². The number of hydrogen-bond acceptors (Lipinski definition) is 4. The molecule has 26 heavy (non-hydrogen) atoms. The van der Waals surface area contributed by atoms with Gasteiger partial charge < -0.3 is 14.6 Å². The normalized spacial score (nSPS) is 16.0. The average Bonchev–Trinajstić information content (AvgIpc) is 2.58. The molecule has 0 fully saturated rings. The molecule has 0 amide bonds. The van der Waals surface area contributed by atoms with Gasteiger partial charge in [-0.15, -0.1) is 0 Å². The van der Waals surface area contributed by atoms with Crippen LogP contribution in [0.3, 0.4) is 0 Å². The van der Waals surface area contributed by atoms with E-state index >= 15 is 0 Å². The molecule has 0 aromatic heterocycles. The summed E-state index contributed by atoms with van der Waals surface area (Å²) in [6.07, 6.45) is 0.341. The van der Waals surface area contributed by atoms with Crippen molar-refractivity contribution in [2.45, 2.75) is 13.3 Å². The Morgan fingerprint density at radius 3 is 2.88 bits per heavy atom. The van der Waals surface area contributed by atoms with Crippen molar-refractivity contribution in [3.05, 3.63) is 57.3 Å². The fourth-order valence-electron chi connectivity index (χ4n) is 2.90. The number of halogens is 2. The minimum Gasteiger partial charge on any atom is -0.491 e. The zero-order valence-corrected chi connectivity index (χ0v) is 15.5. The molecule has 2 aromatic rings. The molecule has 0 saturated heterocycles. The Hall–Kier alpha value is -2.41. The number of benzene rings is 2. The van der Waals surface area contributed by atoms with Crippen LogP contribution in [0.1, 0.15) is 21.5 Å². The third-order valence-corrected chi connectivity index (χ3v) is 4.67. The number of fused-ring (bicyclic) bond motifs is 1. The first-order valence-electron chi connectivity index (χ1n) is 7.95. The monoisotopic (exact) mass is 422 g/mol. The molecule has 0 aliphatic carbocycles. The Morgan fingerprint density at radius 2 is 2.15 bits per heavy atom. The molecule has 1 aliphatic rings. The molecule has 1 unspecified atom stereocenters. The predicted molar refractivity (Wildman–Crippen MR) is 95.4 cm³/mol. The Morgan fingerprint density at radius 1 is 1.38 bits per heavy atom. The molecule has 0 saturated carbocycles. The van der Waals surface area contributed by atoms with E-state index in [4.69, 9.17) is 14.6 Å². The van der Waals surface area contributed by atoms with Crippen LogP contribution < -0.4 is 9.47 Å². The van der Waals surface area contributed by atoms with Crippen LogP contribution in [-0.4, -0.2) is 30.1 Å². The second kappa shape index (κ2) is 7.45. The molecular weight excluding hydrogens is 407 g/mol. The third kappa shape index (κ3) is 3.88. The maximum Gasteiger partial charge on any atom is 0.341 e. The van der Waals surface area contributed by atoms with Crippen LogP contribution in [0, 0.1) is 18.7 Å². The van der Waals surface area contributed by atoms with Gasteiger partial charge in [-0.3, -0.25) is 4.79 Å². The second-order valence-electron chi connectivity index (χ2n) is 6.15. The highest BCUT2D eigenvalue weighted by molar-refractivity contribution is 9.10. The van der Waals surface area contributed by atoms with Gasteiger partial charge >= 0.3 is 5.97 Å². The van der Waals surface area contributed by atoms with Crippen LogP contribution in [0.2, 0.25) is 0 Å². The van der Waals surface area contributed by atoms with Crippen LogP contribution >= 0.6 is 15.9 Å². The number of carbonyl (C=O) groups excluding carboxylic acids is 1. The first-order valence-corrected chi connectivity index (χ1v) is 8.74. The number of ketones is 1. The standard InChI is InChI=1S/C19H16BrFO5/c1-10-4-13-18(24)12(8-26-19(13)14(20)5-10)6-11-2-3-15(21)16(7-11)25-9-17(22)23/h2-5,7,12H,6,8-9H2,1H3,(H,22,23). The van der Waals surface area contributed by atoms with E-state index in [2.05, 4.69) is 15.9 Å². The fourth-order valence-corrected chi connectivity index (χ4v) is 3.59. The van der Waals surface area contributed by atoms with Crippen molar-refractivity contribution >= 4 is 27.7 Å². The number of carboxylic acids is 1. The number of hydrogen-bond donors (Lipinski definition) is 1. The summed E-state index contributed by atoms with van der Waals surface area (Å²) in [7, 11) is 0. The molecule has 0 radical (unpaired) electrons. The molecule has 5 nitrogen and oxygen atoms in total. The summed E-state index contributed by atoms with van der Waals surface area (Å²) in [5.74, 6) is -1.88. The molecule has 7 heteroatoms. The van der Waals surface area contributed by atoms with Gasteiger partial charge in [0, 0.05) is 0 Å². The number of rotatable bonds is 5. The van der Waals surface area contributed by atoms with Gasteiger partial charge in [-0.2, -0.15) is 0 Å². The minimum atomic E-state index is -1.19. The van der Waals surface area contributed by atoms with Gasteiger partial charge in [-0.05, 0) is 64.7 Å². The van der Waals surface area contributed by atoms with Crippen LogP contribution in [0.15, 0.2) is 34.8 Å². The lowest BCUT2D eigenvalue weighted by atomic mass is 9.89. The summed E-state index contributed by atoms with van der Waals surface area (Å²) in [4.78, 5) is 23.4. The number of ether oxygens (including phenoxy) is 2. The van der Waals surface area contributed by atoms with Gasteiger partial charge in [0.05, 0.1) is 22.6 Å². The van der Waals surface area contributed by atoms with Gasteiger partial charge in [-0.25, -0.2) is 9.18 Å². The zero-order valence-electron chi connectivity index (χ0n) is 13.9. The number of carbonyl (C=O) groups is 2. The smallest absolute Gasteiger partial charge is 0.341 e. The van der Waals surface area contributed by atoms with Crippen LogP contribution in [0.4, 0.5) is 4.39 Å². The van der Waals surface area contributed by atoms with E-state index in [9.17, 15) is 14.0 Å². The summed E-state index contributed by atoms with van der Waals surface area (Å²) in [5, 5.41) is 8.66. The lowest BCUT2D eigenvalue weighted by Crippen LogP contribution is -2.29. The van der Waals surface area contributed by atoms with Gasteiger partial charge in [0.15, 0.2) is 24.0 Å². The highest BCUT2D eigenvalue weighted by Gasteiger charge is 2.30. The largest absolute Gasteiger partial charge is 0.491 e. The SMILES string of the molecule is Cc1cc(Br)c2c(c1)C(=O)C(Cc1ccc(F)c(OCC(=O)O)c1)CO2. The van der Waals surface area contributed by atoms with Crippen molar-refractivity contribution in [2.24, 2.45) is 5.92 Å². The predicted octanol–water partition coefficient (Wildman–Crippen LogP) is 3.79. The van der Waals surface area contributed by atoms with Gasteiger partial charge in [0.25, 0.3) is 0 Å². The van der Waals surface area contributed by atoms with Crippen LogP contribution in [0.5, 0.6) is 11.5 Å². The highest BCUT2D eigenvalue weighted by atomic mass is 79.9. The molecule has 0 bridgehead atoms. The van der Waals surface area contributed by atoms with E-state index in [0.717, 1.165) is 10.0 Å². The summed E-state index contributed by atoms with van der Waals surface area (Å²) in [5.41, 5.74) is 2.14. The topological polar surface area (TPSA) is 72.8 Å². The molecule has 1 N–H and O–H groups in total. The van der Waals surface area contributed by atoms with E-state index in [1.165, 1.54) is 12.1 Å². The minimum absolute atomic E-state index is 0.0343. The van der Waals surface area contributed by atoms with E-state index in [0.29, 0.717) is 23.3 Å². The van der Waals surface area contributed by atoms with Crippen molar-refractivity contribution < 1.29 is 28.6 Å². The van der Waals surface area contributed by atoms with Gasteiger partial charge in [-0.1, -0.05) is 6.07 Å². The lowest BCUT2D eigenvalue weighted by molar-refractivity contribution is -0.139. The van der Waals surface area contributed by atoms with Gasteiger partial charge in [0.2, 0.25) is 0 Å². The number of aryl methyl sites for hydroxylation is 1. The molecular formula is C19H16BrFO5. The summed E-state index contributed by atoms with van der Waals surface area (Å²) < 4.78 is 25.2. The summed E-state index contributed by atoms with van der Waals surface area (Å²) >= 11 is 3.41. The Bertz CT molecular complexity index is 880. The quantitative estimate of drug-likeness (QED) is 0.793. The Labute approximate surface area is 157 Å². The Kier molecular flexibility index (Phi) is 5.27. The zero-order chi connectivity index (χ0) is 18.8. The highest BCUT2D eigenvalue weighted by Crippen LogP contribution is 2.36. The first kappa shape index (κ1) is 18.4. The number of aliphatic carboxylic acids is 1. The molecule has 1 atom stereocenters. The number of carboxylic acid groups (broad SMARTS) is 1. The fraction of sp³-hybridized carbons (Fsp3) is 0.263. The van der Waals surface area contributed by atoms with E-state index in [1.807, 2.05) is 13.0 Å². The summed E-state index contributed by atoms with van der Waals surface area (Å²) in [6.45, 7) is 1.48. The lowest BCUT2D eigenvalue weighted by Gasteiger charge is -2.25. The maximum atomic E-state index is 13.7. The molecule has 0 spiro atoms. The molecule has 3 rings (SSSR count).